The molecule has 0 saturated carbocycles. The molecule has 0 saturated heterocycles. The predicted molar refractivity (Wildman–Crippen MR) is 94.1 cm³/mol. The molecule has 24 heavy (non-hydrogen) atoms. The number of halogens is 2. The van der Waals surface area contributed by atoms with Gasteiger partial charge in [0.2, 0.25) is 0 Å². The van der Waals surface area contributed by atoms with E-state index in [4.69, 9.17) is 16.0 Å². The van der Waals surface area contributed by atoms with Crippen LogP contribution in [-0.2, 0) is 5.75 Å². The molecule has 1 aromatic heterocycles. The third-order valence-corrected chi connectivity index (χ3v) is 4.46. The van der Waals surface area contributed by atoms with Crippen molar-refractivity contribution in [1.82, 2.24) is 0 Å². The Morgan fingerprint density at radius 2 is 1.92 bits per heavy atom. The van der Waals surface area contributed by atoms with Crippen molar-refractivity contribution < 1.29 is 13.6 Å². The van der Waals surface area contributed by atoms with Gasteiger partial charge in [0.25, 0.3) is 5.91 Å². The highest BCUT2D eigenvalue weighted by molar-refractivity contribution is 7.98. The van der Waals surface area contributed by atoms with Gasteiger partial charge in [-0.25, -0.2) is 4.39 Å². The van der Waals surface area contributed by atoms with Crippen LogP contribution in [0.3, 0.4) is 0 Å². The zero-order chi connectivity index (χ0) is 16.9. The Morgan fingerprint density at radius 1 is 1.12 bits per heavy atom. The lowest BCUT2D eigenvalue weighted by Crippen LogP contribution is -2.12. The minimum absolute atomic E-state index is 0.0565. The summed E-state index contributed by atoms with van der Waals surface area (Å²) in [7, 11) is 0. The zero-order valence-corrected chi connectivity index (χ0v) is 14.0. The molecule has 3 nitrogen and oxygen atoms in total. The molecule has 0 aliphatic rings. The molecule has 0 fully saturated rings. The first kappa shape index (κ1) is 16.6. The molecule has 0 radical (unpaired) electrons. The minimum Gasteiger partial charge on any atom is -0.455 e. The topological polar surface area (TPSA) is 42.2 Å². The Bertz CT molecular complexity index is 851. The number of carbonyl (C=O) groups is 1. The summed E-state index contributed by atoms with van der Waals surface area (Å²) in [6, 6.07) is 17.3. The van der Waals surface area contributed by atoms with Gasteiger partial charge in [0, 0.05) is 9.92 Å². The maximum Gasteiger partial charge on any atom is 0.291 e. The summed E-state index contributed by atoms with van der Waals surface area (Å²) in [5.41, 5.74) is 0.0565. The Morgan fingerprint density at radius 3 is 2.67 bits per heavy atom. The second-order valence-electron chi connectivity index (χ2n) is 4.95. The summed E-state index contributed by atoms with van der Waals surface area (Å²) in [6.07, 6.45) is 0. The quantitative estimate of drug-likeness (QED) is 0.600. The molecule has 0 bridgehead atoms. The lowest BCUT2D eigenvalue weighted by atomic mass is 10.3. The van der Waals surface area contributed by atoms with Crippen LogP contribution in [0, 0.1) is 5.82 Å². The van der Waals surface area contributed by atoms with Crippen molar-refractivity contribution in [2.24, 2.45) is 0 Å². The molecule has 0 spiro atoms. The van der Waals surface area contributed by atoms with Crippen molar-refractivity contribution >= 4 is 35.0 Å². The Labute approximate surface area is 147 Å². The van der Waals surface area contributed by atoms with Crippen LogP contribution in [0.2, 0.25) is 5.02 Å². The van der Waals surface area contributed by atoms with Gasteiger partial charge in [-0.1, -0.05) is 29.8 Å². The van der Waals surface area contributed by atoms with Crippen molar-refractivity contribution in [3.63, 3.8) is 0 Å². The number of amides is 1. The summed E-state index contributed by atoms with van der Waals surface area (Å²) in [5.74, 6) is 0.306. The molecular weight excluding hydrogens is 349 g/mol. The number of thioether (sulfide) groups is 1. The third-order valence-electron chi connectivity index (χ3n) is 3.19. The molecule has 6 heteroatoms. The molecule has 0 aliphatic carbocycles. The van der Waals surface area contributed by atoms with Crippen LogP contribution in [0.15, 0.2) is 70.0 Å². The van der Waals surface area contributed by atoms with Crippen LogP contribution < -0.4 is 5.32 Å². The van der Waals surface area contributed by atoms with E-state index in [1.165, 1.54) is 12.1 Å². The van der Waals surface area contributed by atoms with Gasteiger partial charge >= 0.3 is 0 Å². The molecule has 122 valence electrons. The Hall–Kier alpha value is -2.24. The molecule has 1 amide bonds. The zero-order valence-electron chi connectivity index (χ0n) is 12.5. The van der Waals surface area contributed by atoms with E-state index in [-0.39, 0.29) is 16.5 Å². The monoisotopic (exact) mass is 361 g/mol. The Balaban J connectivity index is 1.63. The molecule has 0 unspecified atom stereocenters. The van der Waals surface area contributed by atoms with Crippen LogP contribution in [-0.4, -0.2) is 5.91 Å². The van der Waals surface area contributed by atoms with Gasteiger partial charge in [-0.15, -0.1) is 11.8 Å². The van der Waals surface area contributed by atoms with E-state index in [9.17, 15) is 9.18 Å². The predicted octanol–water partition coefficient (Wildman–Crippen LogP) is 5.62. The first-order chi connectivity index (χ1) is 11.6. The van der Waals surface area contributed by atoms with E-state index in [2.05, 4.69) is 5.32 Å². The molecule has 1 heterocycles. The first-order valence-corrected chi connectivity index (χ1v) is 8.51. The average Bonchev–Trinajstić information content (AvgIpc) is 3.05. The van der Waals surface area contributed by atoms with E-state index in [0.29, 0.717) is 11.5 Å². The van der Waals surface area contributed by atoms with Crippen LogP contribution in [0.5, 0.6) is 0 Å². The van der Waals surface area contributed by atoms with Gasteiger partial charge in [0.15, 0.2) is 5.76 Å². The highest BCUT2D eigenvalue weighted by atomic mass is 35.5. The molecular formula is C18H13ClFNO2S. The summed E-state index contributed by atoms with van der Waals surface area (Å²) in [5, 5.41) is 2.74. The first-order valence-electron chi connectivity index (χ1n) is 7.15. The van der Waals surface area contributed by atoms with Crippen LogP contribution >= 0.6 is 23.4 Å². The number of furan rings is 1. The summed E-state index contributed by atoms with van der Waals surface area (Å²) >= 11 is 7.29. The van der Waals surface area contributed by atoms with E-state index >= 15 is 0 Å². The van der Waals surface area contributed by atoms with Gasteiger partial charge in [-0.2, -0.15) is 0 Å². The summed E-state index contributed by atoms with van der Waals surface area (Å²) in [6.45, 7) is 0. The number of benzene rings is 2. The van der Waals surface area contributed by atoms with Crippen molar-refractivity contribution in [3.8, 4) is 0 Å². The van der Waals surface area contributed by atoms with E-state index in [1.54, 1.807) is 23.9 Å². The van der Waals surface area contributed by atoms with Gasteiger partial charge in [-0.05, 0) is 42.5 Å². The SMILES string of the molecule is O=C(Nc1ccc(Cl)cc1F)c1ccc(CSc2ccccc2)o1. The number of carbonyl (C=O) groups excluding carboxylic acids is 1. The molecule has 0 atom stereocenters. The lowest BCUT2D eigenvalue weighted by molar-refractivity contribution is 0.0995. The molecule has 0 aliphatic heterocycles. The number of hydrogen-bond acceptors (Lipinski definition) is 3. The highest BCUT2D eigenvalue weighted by Crippen LogP contribution is 2.24. The van der Waals surface area contributed by atoms with Gasteiger partial charge in [0.05, 0.1) is 11.4 Å². The number of rotatable bonds is 5. The Kier molecular flexibility index (Phi) is 5.23. The number of nitrogens with one attached hydrogen (secondary N) is 1. The molecule has 2 aromatic carbocycles. The molecule has 3 aromatic rings. The molecule has 1 N–H and O–H groups in total. The van der Waals surface area contributed by atoms with Crippen LogP contribution in [0.1, 0.15) is 16.3 Å². The van der Waals surface area contributed by atoms with Crippen molar-refractivity contribution in [3.05, 3.63) is 83.0 Å². The smallest absolute Gasteiger partial charge is 0.291 e. The minimum atomic E-state index is -0.595. The normalized spacial score (nSPS) is 10.6. The average molecular weight is 362 g/mol. The fourth-order valence-electron chi connectivity index (χ4n) is 2.02. The highest BCUT2D eigenvalue weighted by Gasteiger charge is 2.14. The number of anilines is 1. The standard InChI is InChI=1S/C18H13ClFNO2S/c19-12-6-8-16(15(20)10-12)21-18(22)17-9-7-13(23-17)11-24-14-4-2-1-3-5-14/h1-10H,11H2,(H,21,22). The summed E-state index contributed by atoms with van der Waals surface area (Å²) in [4.78, 5) is 13.2. The fraction of sp³-hybridized carbons (Fsp3) is 0.0556. The summed E-state index contributed by atoms with van der Waals surface area (Å²) < 4.78 is 19.2. The third kappa shape index (κ3) is 4.19. The van der Waals surface area contributed by atoms with Crippen LogP contribution in [0.25, 0.3) is 0 Å². The maximum absolute atomic E-state index is 13.7. The van der Waals surface area contributed by atoms with E-state index in [0.717, 1.165) is 11.0 Å². The lowest BCUT2D eigenvalue weighted by Gasteiger charge is -2.05. The van der Waals surface area contributed by atoms with Gasteiger partial charge in [-0.3, -0.25) is 4.79 Å². The maximum atomic E-state index is 13.7. The van der Waals surface area contributed by atoms with Crippen molar-refractivity contribution in [1.29, 1.82) is 0 Å². The second kappa shape index (κ2) is 7.55. The van der Waals surface area contributed by atoms with Gasteiger partial charge < -0.3 is 9.73 Å². The molecule has 3 rings (SSSR count). The fourth-order valence-corrected chi connectivity index (χ4v) is 3.00. The van der Waals surface area contributed by atoms with Crippen molar-refractivity contribution in [2.75, 3.05) is 5.32 Å². The van der Waals surface area contributed by atoms with Crippen LogP contribution in [0.4, 0.5) is 10.1 Å². The largest absolute Gasteiger partial charge is 0.455 e. The second-order valence-corrected chi connectivity index (χ2v) is 6.43. The number of hydrogen-bond donors (Lipinski definition) is 1. The van der Waals surface area contributed by atoms with E-state index < -0.39 is 11.7 Å². The van der Waals surface area contributed by atoms with Crippen molar-refractivity contribution in [2.45, 2.75) is 10.6 Å². The van der Waals surface area contributed by atoms with Gasteiger partial charge in [0.1, 0.15) is 11.6 Å². The van der Waals surface area contributed by atoms with E-state index in [1.807, 2.05) is 30.3 Å².